The molecule has 110 valence electrons. The van der Waals surface area contributed by atoms with Crippen LogP contribution in [-0.4, -0.2) is 17.2 Å². The highest BCUT2D eigenvalue weighted by Gasteiger charge is 2.22. The van der Waals surface area contributed by atoms with E-state index < -0.39 is 6.10 Å². The zero-order valence-corrected chi connectivity index (χ0v) is 12.2. The lowest BCUT2D eigenvalue weighted by molar-refractivity contribution is 0.199. The largest absolute Gasteiger partial charge is 0.389 e. The van der Waals surface area contributed by atoms with E-state index >= 15 is 0 Å². The molecule has 3 unspecified atom stereocenters. The third-order valence-corrected chi connectivity index (χ3v) is 4.05. The van der Waals surface area contributed by atoms with Crippen LogP contribution in [0.3, 0.4) is 0 Å². The molecule has 1 aliphatic carbocycles. The van der Waals surface area contributed by atoms with Crippen LogP contribution in [0.1, 0.15) is 51.2 Å². The van der Waals surface area contributed by atoms with Crippen LogP contribution in [0.15, 0.2) is 24.3 Å². The van der Waals surface area contributed by atoms with Gasteiger partial charge in [0.25, 0.3) is 0 Å². The van der Waals surface area contributed by atoms with Crippen LogP contribution in [0, 0.1) is 5.92 Å². The smallest absolute Gasteiger partial charge is 0.319 e. The first kappa shape index (κ1) is 14.9. The number of aliphatic hydroxyl groups excluding tert-OH is 1. The standard InChI is InChI=1S/C16H24N2O2/c1-11-6-3-4-9-15(11)18-16(20)17-14-8-5-7-13(10-14)12(2)19/h5,7-8,10-12,15,19H,3-4,6,9H2,1-2H3,(H2,17,18,20). The number of anilines is 1. The summed E-state index contributed by atoms with van der Waals surface area (Å²) in [6, 6.07) is 7.41. The first-order chi connectivity index (χ1) is 9.56. The Bertz CT molecular complexity index is 460. The van der Waals surface area contributed by atoms with Gasteiger partial charge in [-0.3, -0.25) is 0 Å². The van der Waals surface area contributed by atoms with Crippen molar-refractivity contribution in [3.8, 4) is 0 Å². The minimum atomic E-state index is -0.529. The Labute approximate surface area is 120 Å². The van der Waals surface area contributed by atoms with E-state index in [1.807, 2.05) is 18.2 Å². The second-order valence-electron chi connectivity index (χ2n) is 5.77. The van der Waals surface area contributed by atoms with Gasteiger partial charge in [0.05, 0.1) is 6.10 Å². The van der Waals surface area contributed by atoms with Gasteiger partial charge in [-0.05, 0) is 43.4 Å². The van der Waals surface area contributed by atoms with Gasteiger partial charge < -0.3 is 15.7 Å². The lowest BCUT2D eigenvalue weighted by Crippen LogP contribution is -2.43. The summed E-state index contributed by atoms with van der Waals surface area (Å²) in [5.41, 5.74) is 1.51. The van der Waals surface area contributed by atoms with Gasteiger partial charge in [-0.2, -0.15) is 0 Å². The number of hydrogen-bond donors (Lipinski definition) is 3. The molecule has 4 heteroatoms. The van der Waals surface area contributed by atoms with Crippen molar-refractivity contribution in [1.82, 2.24) is 5.32 Å². The van der Waals surface area contributed by atoms with E-state index in [4.69, 9.17) is 0 Å². The fraction of sp³-hybridized carbons (Fsp3) is 0.562. The van der Waals surface area contributed by atoms with Gasteiger partial charge in [-0.1, -0.05) is 31.9 Å². The maximum Gasteiger partial charge on any atom is 0.319 e. The molecule has 0 radical (unpaired) electrons. The van der Waals surface area contributed by atoms with Gasteiger partial charge >= 0.3 is 6.03 Å². The fourth-order valence-electron chi connectivity index (χ4n) is 2.74. The summed E-state index contributed by atoms with van der Waals surface area (Å²) >= 11 is 0. The van der Waals surface area contributed by atoms with Crippen LogP contribution in [-0.2, 0) is 0 Å². The predicted molar refractivity (Wildman–Crippen MR) is 80.7 cm³/mol. The third kappa shape index (κ3) is 3.97. The van der Waals surface area contributed by atoms with Gasteiger partial charge in [0, 0.05) is 11.7 Å². The van der Waals surface area contributed by atoms with Crippen molar-refractivity contribution in [3.63, 3.8) is 0 Å². The fourth-order valence-corrected chi connectivity index (χ4v) is 2.74. The zero-order valence-electron chi connectivity index (χ0n) is 12.2. The highest BCUT2D eigenvalue weighted by Crippen LogP contribution is 2.24. The van der Waals surface area contributed by atoms with E-state index in [-0.39, 0.29) is 12.1 Å². The molecule has 1 aromatic rings. The number of urea groups is 1. The first-order valence-corrected chi connectivity index (χ1v) is 7.42. The molecule has 0 heterocycles. The number of carbonyl (C=O) groups excluding carboxylic acids is 1. The highest BCUT2D eigenvalue weighted by molar-refractivity contribution is 5.89. The van der Waals surface area contributed by atoms with E-state index in [2.05, 4.69) is 17.6 Å². The third-order valence-electron chi connectivity index (χ3n) is 4.05. The summed E-state index contributed by atoms with van der Waals surface area (Å²) in [6.45, 7) is 3.90. The quantitative estimate of drug-likeness (QED) is 0.792. The number of hydrogen-bond acceptors (Lipinski definition) is 2. The van der Waals surface area contributed by atoms with Gasteiger partial charge in [-0.25, -0.2) is 4.79 Å². The summed E-state index contributed by atoms with van der Waals surface area (Å²) < 4.78 is 0. The van der Waals surface area contributed by atoms with Crippen LogP contribution in [0.5, 0.6) is 0 Å². The van der Waals surface area contributed by atoms with Crippen LogP contribution in [0.25, 0.3) is 0 Å². The molecule has 1 aliphatic rings. The van der Waals surface area contributed by atoms with Crippen molar-refractivity contribution in [2.75, 3.05) is 5.32 Å². The summed E-state index contributed by atoms with van der Waals surface area (Å²) in [5.74, 6) is 0.540. The molecule has 1 saturated carbocycles. The Morgan fingerprint density at radius 3 is 2.80 bits per heavy atom. The summed E-state index contributed by atoms with van der Waals surface area (Å²) in [5, 5.41) is 15.4. The first-order valence-electron chi connectivity index (χ1n) is 7.42. The van der Waals surface area contributed by atoms with Crippen LogP contribution < -0.4 is 10.6 Å². The Kier molecular flexibility index (Phi) is 5.01. The number of benzene rings is 1. The number of amides is 2. The normalized spacial score (nSPS) is 23.9. The average molecular weight is 276 g/mol. The molecule has 4 nitrogen and oxygen atoms in total. The summed E-state index contributed by atoms with van der Waals surface area (Å²) in [7, 11) is 0. The van der Waals surface area contributed by atoms with Crippen molar-refractivity contribution >= 4 is 11.7 Å². The molecular formula is C16H24N2O2. The maximum absolute atomic E-state index is 12.0. The number of aliphatic hydroxyl groups is 1. The van der Waals surface area contributed by atoms with Gasteiger partial charge in [0.1, 0.15) is 0 Å². The van der Waals surface area contributed by atoms with E-state index in [1.165, 1.54) is 19.3 Å². The molecule has 0 aliphatic heterocycles. The second kappa shape index (κ2) is 6.75. The molecule has 2 rings (SSSR count). The van der Waals surface area contributed by atoms with Crippen molar-refractivity contribution < 1.29 is 9.90 Å². The van der Waals surface area contributed by atoms with Gasteiger partial charge in [-0.15, -0.1) is 0 Å². The molecule has 0 spiro atoms. The van der Waals surface area contributed by atoms with Crippen molar-refractivity contribution in [2.24, 2.45) is 5.92 Å². The van der Waals surface area contributed by atoms with Crippen LogP contribution in [0.2, 0.25) is 0 Å². The zero-order chi connectivity index (χ0) is 14.5. The molecule has 0 bridgehead atoms. The lowest BCUT2D eigenvalue weighted by Gasteiger charge is -2.29. The molecule has 0 aromatic heterocycles. The Morgan fingerprint density at radius 1 is 1.35 bits per heavy atom. The SMILES string of the molecule is CC(O)c1cccc(NC(=O)NC2CCCCC2C)c1. The van der Waals surface area contributed by atoms with Gasteiger partial charge in [0.15, 0.2) is 0 Å². The maximum atomic E-state index is 12.0. The predicted octanol–water partition coefficient (Wildman–Crippen LogP) is 3.44. The number of rotatable bonds is 3. The highest BCUT2D eigenvalue weighted by atomic mass is 16.3. The van der Waals surface area contributed by atoms with Crippen LogP contribution >= 0.6 is 0 Å². The van der Waals surface area contributed by atoms with E-state index in [0.29, 0.717) is 11.6 Å². The topological polar surface area (TPSA) is 61.4 Å². The molecule has 0 saturated heterocycles. The van der Waals surface area contributed by atoms with Gasteiger partial charge in [0.2, 0.25) is 0 Å². The monoisotopic (exact) mass is 276 g/mol. The van der Waals surface area contributed by atoms with Crippen molar-refractivity contribution in [2.45, 2.75) is 51.7 Å². The second-order valence-corrected chi connectivity index (χ2v) is 5.77. The summed E-state index contributed by atoms with van der Waals surface area (Å²) in [6.07, 6.45) is 4.16. The Morgan fingerprint density at radius 2 is 2.10 bits per heavy atom. The van der Waals surface area contributed by atoms with Crippen molar-refractivity contribution in [1.29, 1.82) is 0 Å². The Balaban J connectivity index is 1.92. The van der Waals surface area contributed by atoms with Crippen molar-refractivity contribution in [3.05, 3.63) is 29.8 Å². The minimum Gasteiger partial charge on any atom is -0.389 e. The molecule has 20 heavy (non-hydrogen) atoms. The average Bonchev–Trinajstić information content (AvgIpc) is 2.41. The van der Waals surface area contributed by atoms with E-state index in [9.17, 15) is 9.90 Å². The number of carbonyl (C=O) groups is 1. The molecule has 2 amide bonds. The van der Waals surface area contributed by atoms with E-state index in [0.717, 1.165) is 12.0 Å². The van der Waals surface area contributed by atoms with Crippen LogP contribution in [0.4, 0.5) is 10.5 Å². The molecule has 3 N–H and O–H groups in total. The molecule has 1 fully saturated rings. The number of nitrogens with one attached hydrogen (secondary N) is 2. The molecule has 3 atom stereocenters. The molecule has 1 aromatic carbocycles. The Hall–Kier alpha value is -1.55. The molecular weight excluding hydrogens is 252 g/mol. The van der Waals surface area contributed by atoms with E-state index in [1.54, 1.807) is 13.0 Å². The minimum absolute atomic E-state index is 0.161. The lowest BCUT2D eigenvalue weighted by atomic mass is 9.86. The summed E-state index contributed by atoms with van der Waals surface area (Å²) in [4.78, 5) is 12.0.